The van der Waals surface area contributed by atoms with Crippen molar-refractivity contribution >= 4 is 0 Å². The molecule has 0 spiro atoms. The smallest absolute Gasteiger partial charge is 0.0935 e. The Labute approximate surface area is 109 Å². The van der Waals surface area contributed by atoms with E-state index in [0.717, 1.165) is 19.3 Å². The van der Waals surface area contributed by atoms with Crippen molar-refractivity contribution in [2.24, 2.45) is 0 Å². The van der Waals surface area contributed by atoms with Crippen LogP contribution in [0.4, 0.5) is 0 Å². The van der Waals surface area contributed by atoms with Crippen molar-refractivity contribution in [2.45, 2.75) is 32.2 Å². The van der Waals surface area contributed by atoms with Crippen molar-refractivity contribution < 1.29 is 4.42 Å². The van der Waals surface area contributed by atoms with E-state index in [1.165, 1.54) is 16.7 Å². The van der Waals surface area contributed by atoms with Gasteiger partial charge < -0.3 is 9.73 Å². The van der Waals surface area contributed by atoms with Crippen molar-refractivity contribution in [3.8, 4) is 0 Å². The van der Waals surface area contributed by atoms with Gasteiger partial charge in [-0.1, -0.05) is 24.3 Å². The predicted octanol–water partition coefficient (Wildman–Crippen LogP) is 3.35. The van der Waals surface area contributed by atoms with E-state index in [9.17, 15) is 0 Å². The second kappa shape index (κ2) is 6.41. The zero-order valence-electron chi connectivity index (χ0n) is 11.1. The second-order valence-corrected chi connectivity index (χ2v) is 4.79. The lowest BCUT2D eigenvalue weighted by Crippen LogP contribution is -2.28. The summed E-state index contributed by atoms with van der Waals surface area (Å²) in [5, 5.41) is 3.39. The van der Waals surface area contributed by atoms with E-state index in [-0.39, 0.29) is 0 Å². The first-order chi connectivity index (χ1) is 8.79. The summed E-state index contributed by atoms with van der Waals surface area (Å²) in [5.74, 6) is 0. The summed E-state index contributed by atoms with van der Waals surface area (Å²) in [6, 6.07) is 11.2. The fourth-order valence-corrected chi connectivity index (χ4v) is 2.26. The predicted molar refractivity (Wildman–Crippen MR) is 74.8 cm³/mol. The van der Waals surface area contributed by atoms with Gasteiger partial charge in [0.05, 0.1) is 12.5 Å². The molecule has 96 valence electrons. The van der Waals surface area contributed by atoms with Crippen LogP contribution >= 0.6 is 0 Å². The van der Waals surface area contributed by atoms with Crippen LogP contribution in [0, 0.1) is 6.92 Å². The molecule has 2 heteroatoms. The maximum absolute atomic E-state index is 5.11. The molecule has 0 aliphatic rings. The quantitative estimate of drug-likeness (QED) is 0.841. The highest BCUT2D eigenvalue weighted by atomic mass is 16.3. The molecule has 0 radical (unpaired) electrons. The Morgan fingerprint density at radius 2 is 2.06 bits per heavy atom. The molecule has 1 aromatic heterocycles. The van der Waals surface area contributed by atoms with Gasteiger partial charge in [-0.15, -0.1) is 0 Å². The largest absolute Gasteiger partial charge is 0.472 e. The number of furan rings is 1. The molecule has 1 atom stereocenters. The fourth-order valence-electron chi connectivity index (χ4n) is 2.26. The molecule has 0 fully saturated rings. The summed E-state index contributed by atoms with van der Waals surface area (Å²) < 4.78 is 5.11. The van der Waals surface area contributed by atoms with Crippen LogP contribution in [0.15, 0.2) is 47.3 Å². The second-order valence-electron chi connectivity index (χ2n) is 4.79. The van der Waals surface area contributed by atoms with Gasteiger partial charge in [-0.25, -0.2) is 0 Å². The van der Waals surface area contributed by atoms with Gasteiger partial charge in [0.25, 0.3) is 0 Å². The van der Waals surface area contributed by atoms with Crippen LogP contribution in [0.2, 0.25) is 0 Å². The molecular formula is C16H21NO. The summed E-state index contributed by atoms with van der Waals surface area (Å²) in [6.07, 6.45) is 6.86. The molecule has 2 nitrogen and oxygen atoms in total. The first kappa shape index (κ1) is 12.9. The summed E-state index contributed by atoms with van der Waals surface area (Å²) in [4.78, 5) is 0. The molecule has 0 aliphatic heterocycles. The lowest BCUT2D eigenvalue weighted by Gasteiger charge is -2.15. The van der Waals surface area contributed by atoms with Crippen LogP contribution in [0.3, 0.4) is 0 Å². The van der Waals surface area contributed by atoms with E-state index in [0.29, 0.717) is 6.04 Å². The highest BCUT2D eigenvalue weighted by molar-refractivity contribution is 5.25. The molecule has 18 heavy (non-hydrogen) atoms. The number of nitrogens with one attached hydrogen (secondary N) is 1. The number of benzene rings is 1. The highest BCUT2D eigenvalue weighted by Gasteiger charge is 2.09. The average Bonchev–Trinajstić information content (AvgIpc) is 2.89. The molecule has 1 unspecified atom stereocenters. The van der Waals surface area contributed by atoms with Crippen molar-refractivity contribution in [2.75, 3.05) is 7.05 Å². The molecule has 1 aromatic carbocycles. The Hall–Kier alpha value is -1.54. The minimum absolute atomic E-state index is 0.502. The lowest BCUT2D eigenvalue weighted by molar-refractivity contribution is 0.512. The molecule has 0 aliphatic carbocycles. The molecule has 0 saturated carbocycles. The number of likely N-dealkylation sites (N-methyl/N-ethyl adjacent to an activating group) is 1. The Balaban J connectivity index is 1.89. The van der Waals surface area contributed by atoms with Crippen LogP contribution in [-0.2, 0) is 12.8 Å². The number of rotatable bonds is 6. The summed E-state index contributed by atoms with van der Waals surface area (Å²) >= 11 is 0. The van der Waals surface area contributed by atoms with E-state index in [2.05, 4.69) is 36.5 Å². The molecule has 0 bridgehead atoms. The molecule has 0 saturated heterocycles. The van der Waals surface area contributed by atoms with Crippen molar-refractivity contribution in [1.82, 2.24) is 5.32 Å². The molecular weight excluding hydrogens is 222 g/mol. The fraction of sp³-hybridized carbons (Fsp3) is 0.375. The van der Waals surface area contributed by atoms with Crippen LogP contribution in [0.25, 0.3) is 0 Å². The van der Waals surface area contributed by atoms with E-state index >= 15 is 0 Å². The van der Waals surface area contributed by atoms with E-state index < -0.39 is 0 Å². The molecule has 1 heterocycles. The SMILES string of the molecule is CNC(CCc1ccccc1C)Cc1ccoc1. The highest BCUT2D eigenvalue weighted by Crippen LogP contribution is 2.13. The zero-order chi connectivity index (χ0) is 12.8. The molecule has 2 rings (SSSR count). The van der Waals surface area contributed by atoms with Crippen molar-refractivity contribution in [3.63, 3.8) is 0 Å². The van der Waals surface area contributed by atoms with Crippen LogP contribution in [-0.4, -0.2) is 13.1 Å². The Bertz CT molecular complexity index is 462. The number of aryl methyl sites for hydroxylation is 2. The summed E-state index contributed by atoms with van der Waals surface area (Å²) in [5.41, 5.74) is 4.10. The molecule has 2 aromatic rings. The summed E-state index contributed by atoms with van der Waals surface area (Å²) in [7, 11) is 2.03. The minimum atomic E-state index is 0.502. The van der Waals surface area contributed by atoms with Gasteiger partial charge in [-0.2, -0.15) is 0 Å². The Morgan fingerprint density at radius 1 is 1.22 bits per heavy atom. The Morgan fingerprint density at radius 3 is 2.72 bits per heavy atom. The van der Waals surface area contributed by atoms with E-state index in [4.69, 9.17) is 4.42 Å². The van der Waals surface area contributed by atoms with Gasteiger partial charge >= 0.3 is 0 Å². The maximum Gasteiger partial charge on any atom is 0.0935 e. The molecule has 1 N–H and O–H groups in total. The monoisotopic (exact) mass is 243 g/mol. The van der Waals surface area contributed by atoms with Gasteiger partial charge in [-0.3, -0.25) is 0 Å². The summed E-state index contributed by atoms with van der Waals surface area (Å²) in [6.45, 7) is 2.18. The van der Waals surface area contributed by atoms with Crippen LogP contribution < -0.4 is 5.32 Å². The topological polar surface area (TPSA) is 25.2 Å². The lowest BCUT2D eigenvalue weighted by atomic mass is 9.98. The maximum atomic E-state index is 5.11. The van der Waals surface area contributed by atoms with E-state index in [1.807, 2.05) is 19.4 Å². The first-order valence-electron chi connectivity index (χ1n) is 6.52. The minimum Gasteiger partial charge on any atom is -0.472 e. The van der Waals surface area contributed by atoms with Crippen LogP contribution in [0.1, 0.15) is 23.1 Å². The van der Waals surface area contributed by atoms with Gasteiger partial charge in [0, 0.05) is 6.04 Å². The Kier molecular flexibility index (Phi) is 4.59. The molecule has 0 amide bonds. The van der Waals surface area contributed by atoms with Crippen molar-refractivity contribution in [1.29, 1.82) is 0 Å². The number of hydrogen-bond donors (Lipinski definition) is 1. The third kappa shape index (κ3) is 3.47. The standard InChI is InChI=1S/C16H21NO/c1-13-5-3-4-6-15(13)7-8-16(17-2)11-14-9-10-18-12-14/h3-6,9-10,12,16-17H,7-8,11H2,1-2H3. The van der Waals surface area contributed by atoms with Crippen LogP contribution in [0.5, 0.6) is 0 Å². The third-order valence-corrected chi connectivity index (χ3v) is 3.49. The average molecular weight is 243 g/mol. The first-order valence-corrected chi connectivity index (χ1v) is 6.52. The normalized spacial score (nSPS) is 12.6. The van der Waals surface area contributed by atoms with Gasteiger partial charge in [0.15, 0.2) is 0 Å². The van der Waals surface area contributed by atoms with Gasteiger partial charge in [-0.05, 0) is 56.0 Å². The van der Waals surface area contributed by atoms with Crippen molar-refractivity contribution in [3.05, 3.63) is 59.5 Å². The zero-order valence-corrected chi connectivity index (χ0v) is 11.1. The number of hydrogen-bond acceptors (Lipinski definition) is 2. The van der Waals surface area contributed by atoms with E-state index in [1.54, 1.807) is 6.26 Å². The third-order valence-electron chi connectivity index (χ3n) is 3.49. The van der Waals surface area contributed by atoms with Gasteiger partial charge in [0.2, 0.25) is 0 Å². The van der Waals surface area contributed by atoms with Gasteiger partial charge in [0.1, 0.15) is 0 Å².